The third kappa shape index (κ3) is 10.4. The van der Waals surface area contributed by atoms with Gasteiger partial charge in [0.25, 0.3) is 0 Å². The zero-order valence-corrected chi connectivity index (χ0v) is 14.3. The van der Waals surface area contributed by atoms with Gasteiger partial charge in [0.2, 0.25) is 11.8 Å². The van der Waals surface area contributed by atoms with Crippen LogP contribution < -0.4 is 16.0 Å². The number of carbonyl (C=O) groups is 4. The van der Waals surface area contributed by atoms with Gasteiger partial charge in [-0.3, -0.25) is 9.59 Å². The Morgan fingerprint density at radius 3 is 2.23 bits per heavy atom. The first kappa shape index (κ1) is 22.6. The highest BCUT2D eigenvalue weighted by atomic mass is 16.5. The van der Waals surface area contributed by atoms with Crippen molar-refractivity contribution < 1.29 is 29.0 Å². The maximum Gasteiger partial charge on any atom is 0.407 e. The highest BCUT2D eigenvalue weighted by Crippen LogP contribution is 2.07. The number of carbonyl (C=O) groups excluding carboxylic acids is 3. The van der Waals surface area contributed by atoms with Gasteiger partial charge in [0.1, 0.15) is 19.2 Å². The van der Waals surface area contributed by atoms with E-state index in [1.54, 1.807) is 6.08 Å². The SMILES string of the molecule is C=C/C=C(\C=C)CC(NC(=O)CNC(=O)CNC(=O)OCC=C)C(=O)O. The van der Waals surface area contributed by atoms with Gasteiger partial charge in [0.05, 0.1) is 6.54 Å². The molecule has 26 heavy (non-hydrogen) atoms. The molecule has 0 aromatic heterocycles. The zero-order chi connectivity index (χ0) is 19.9. The Kier molecular flexibility index (Phi) is 11.3. The Labute approximate surface area is 151 Å². The van der Waals surface area contributed by atoms with Crippen molar-refractivity contribution in [2.24, 2.45) is 0 Å². The molecule has 0 bridgehead atoms. The fourth-order valence-electron chi connectivity index (χ4n) is 1.63. The number of rotatable bonds is 12. The molecule has 4 N–H and O–H groups in total. The first-order valence-electron chi connectivity index (χ1n) is 7.58. The Morgan fingerprint density at radius 1 is 1.04 bits per heavy atom. The average molecular weight is 365 g/mol. The van der Waals surface area contributed by atoms with E-state index >= 15 is 0 Å². The summed E-state index contributed by atoms with van der Waals surface area (Å²) >= 11 is 0. The van der Waals surface area contributed by atoms with Gasteiger partial charge < -0.3 is 25.8 Å². The Morgan fingerprint density at radius 2 is 1.69 bits per heavy atom. The quantitative estimate of drug-likeness (QED) is 0.290. The van der Waals surface area contributed by atoms with Gasteiger partial charge in [-0.15, -0.1) is 0 Å². The second-order valence-corrected chi connectivity index (χ2v) is 4.86. The van der Waals surface area contributed by atoms with E-state index in [1.807, 2.05) is 0 Å². The molecule has 0 heterocycles. The third-order valence-electron chi connectivity index (χ3n) is 2.84. The smallest absolute Gasteiger partial charge is 0.407 e. The molecule has 0 spiro atoms. The van der Waals surface area contributed by atoms with Crippen molar-refractivity contribution in [1.29, 1.82) is 0 Å². The predicted molar refractivity (Wildman–Crippen MR) is 95.2 cm³/mol. The normalized spacial score (nSPS) is 11.5. The minimum absolute atomic E-state index is 0.000564. The molecule has 9 nitrogen and oxygen atoms in total. The molecule has 0 aliphatic heterocycles. The van der Waals surface area contributed by atoms with Crippen LogP contribution in [0.4, 0.5) is 4.79 Å². The number of hydrogen-bond acceptors (Lipinski definition) is 5. The zero-order valence-electron chi connectivity index (χ0n) is 14.3. The van der Waals surface area contributed by atoms with Crippen molar-refractivity contribution in [2.45, 2.75) is 12.5 Å². The molecule has 142 valence electrons. The van der Waals surface area contributed by atoms with E-state index in [2.05, 4.69) is 40.4 Å². The second kappa shape index (κ2) is 13.0. The molecule has 0 aliphatic carbocycles. The van der Waals surface area contributed by atoms with Crippen LogP contribution in [0.25, 0.3) is 0 Å². The number of carboxylic acids is 1. The fourth-order valence-corrected chi connectivity index (χ4v) is 1.63. The van der Waals surface area contributed by atoms with E-state index in [0.717, 1.165) is 0 Å². The van der Waals surface area contributed by atoms with Gasteiger partial charge in [-0.1, -0.05) is 44.0 Å². The lowest BCUT2D eigenvalue weighted by molar-refractivity contribution is -0.141. The summed E-state index contributed by atoms with van der Waals surface area (Å²) < 4.78 is 4.60. The maximum atomic E-state index is 11.8. The van der Waals surface area contributed by atoms with E-state index in [9.17, 15) is 24.3 Å². The summed E-state index contributed by atoms with van der Waals surface area (Å²) in [6, 6.07) is -1.18. The highest BCUT2D eigenvalue weighted by Gasteiger charge is 2.20. The fraction of sp³-hybridized carbons (Fsp3) is 0.294. The standard InChI is InChI=1S/C17H23N3O6/c1-4-7-12(6-3)9-13(16(23)24)20-15(22)11-18-14(21)10-19-17(25)26-8-5-2/h4-7,13H,1-3,8-11H2,(H,18,21)(H,19,25)(H,20,22)(H,23,24)/b12-7+. The van der Waals surface area contributed by atoms with Crippen LogP contribution in [0.1, 0.15) is 6.42 Å². The van der Waals surface area contributed by atoms with Crippen molar-refractivity contribution in [3.05, 3.63) is 49.6 Å². The van der Waals surface area contributed by atoms with Crippen molar-refractivity contribution in [1.82, 2.24) is 16.0 Å². The lowest BCUT2D eigenvalue weighted by atomic mass is 10.1. The lowest BCUT2D eigenvalue weighted by Gasteiger charge is -2.15. The van der Waals surface area contributed by atoms with Gasteiger partial charge in [0.15, 0.2) is 0 Å². The number of amides is 3. The number of carboxylic acid groups (broad SMARTS) is 1. The molecular weight excluding hydrogens is 342 g/mol. The molecule has 0 radical (unpaired) electrons. The number of alkyl carbamates (subject to hydrolysis) is 1. The molecule has 0 aliphatic rings. The van der Waals surface area contributed by atoms with Crippen LogP contribution in [0, 0.1) is 0 Å². The Bertz CT molecular complexity index is 597. The first-order chi connectivity index (χ1) is 12.3. The van der Waals surface area contributed by atoms with Crippen LogP contribution in [0.3, 0.4) is 0 Å². The summed E-state index contributed by atoms with van der Waals surface area (Å²) in [7, 11) is 0. The summed E-state index contributed by atoms with van der Waals surface area (Å²) in [5, 5.41) is 15.9. The summed E-state index contributed by atoms with van der Waals surface area (Å²) in [5.74, 6) is -2.56. The van der Waals surface area contributed by atoms with Crippen LogP contribution in [0.5, 0.6) is 0 Å². The van der Waals surface area contributed by atoms with E-state index in [0.29, 0.717) is 5.57 Å². The first-order valence-corrected chi connectivity index (χ1v) is 7.58. The van der Waals surface area contributed by atoms with Gasteiger partial charge in [0, 0.05) is 6.42 Å². The summed E-state index contributed by atoms with van der Waals surface area (Å²) in [6.07, 6.45) is 5.09. The summed E-state index contributed by atoms with van der Waals surface area (Å²) in [6.45, 7) is 9.58. The van der Waals surface area contributed by atoms with Gasteiger partial charge in [-0.25, -0.2) is 9.59 Å². The van der Waals surface area contributed by atoms with Crippen LogP contribution in [0.2, 0.25) is 0 Å². The predicted octanol–water partition coefficient (Wildman–Crippen LogP) is 0.273. The molecule has 1 unspecified atom stereocenters. The van der Waals surface area contributed by atoms with Gasteiger partial charge in [-0.2, -0.15) is 0 Å². The molecule has 0 rings (SSSR count). The molecule has 1 atom stereocenters. The van der Waals surface area contributed by atoms with Crippen LogP contribution >= 0.6 is 0 Å². The molecule has 0 aromatic carbocycles. The number of hydrogen-bond donors (Lipinski definition) is 4. The number of allylic oxidation sites excluding steroid dienone is 3. The van der Waals surface area contributed by atoms with E-state index < -0.39 is 43.0 Å². The Balaban J connectivity index is 4.37. The van der Waals surface area contributed by atoms with E-state index in [4.69, 9.17) is 0 Å². The number of ether oxygens (including phenoxy) is 1. The van der Waals surface area contributed by atoms with Crippen LogP contribution in [0.15, 0.2) is 49.6 Å². The monoisotopic (exact) mass is 365 g/mol. The Hall–Kier alpha value is -3.36. The molecule has 0 fully saturated rings. The minimum atomic E-state index is -1.23. The topological polar surface area (TPSA) is 134 Å². The maximum absolute atomic E-state index is 11.8. The third-order valence-corrected chi connectivity index (χ3v) is 2.84. The molecule has 0 aromatic rings. The van der Waals surface area contributed by atoms with Crippen molar-refractivity contribution in [3.63, 3.8) is 0 Å². The second-order valence-electron chi connectivity index (χ2n) is 4.86. The van der Waals surface area contributed by atoms with E-state index in [-0.39, 0.29) is 13.0 Å². The molecular formula is C17H23N3O6. The molecule has 9 heteroatoms. The molecule has 0 saturated heterocycles. The van der Waals surface area contributed by atoms with Gasteiger partial charge in [-0.05, 0) is 5.57 Å². The van der Waals surface area contributed by atoms with Crippen LogP contribution in [-0.4, -0.2) is 54.7 Å². The minimum Gasteiger partial charge on any atom is -0.480 e. The average Bonchev–Trinajstić information content (AvgIpc) is 2.61. The van der Waals surface area contributed by atoms with E-state index in [1.165, 1.54) is 18.2 Å². The molecule has 3 amide bonds. The largest absolute Gasteiger partial charge is 0.480 e. The lowest BCUT2D eigenvalue weighted by Crippen LogP contribution is -2.47. The number of aliphatic carboxylic acids is 1. The van der Waals surface area contributed by atoms with Crippen LogP contribution in [-0.2, 0) is 19.1 Å². The summed E-state index contributed by atoms with van der Waals surface area (Å²) in [4.78, 5) is 45.7. The molecule has 0 saturated carbocycles. The van der Waals surface area contributed by atoms with Gasteiger partial charge >= 0.3 is 12.1 Å². The van der Waals surface area contributed by atoms with Crippen molar-refractivity contribution >= 4 is 23.9 Å². The van der Waals surface area contributed by atoms with Crippen molar-refractivity contribution in [3.8, 4) is 0 Å². The van der Waals surface area contributed by atoms with Crippen molar-refractivity contribution in [2.75, 3.05) is 19.7 Å². The number of nitrogens with one attached hydrogen (secondary N) is 3. The highest BCUT2D eigenvalue weighted by molar-refractivity contribution is 5.89. The summed E-state index contributed by atoms with van der Waals surface area (Å²) in [5.41, 5.74) is 0.582.